The maximum absolute atomic E-state index is 12.3. The number of carbonyl (C=O) groups excluding carboxylic acids is 1. The van der Waals surface area contributed by atoms with Gasteiger partial charge in [-0.1, -0.05) is 0 Å². The number of carboxylic acids is 1. The van der Waals surface area contributed by atoms with Crippen LogP contribution in [-0.4, -0.2) is 41.2 Å². The van der Waals surface area contributed by atoms with Gasteiger partial charge in [-0.25, -0.2) is 0 Å². The molecule has 1 amide bonds. The highest BCUT2D eigenvalue weighted by molar-refractivity contribution is 8.00. The smallest absolute Gasteiger partial charge is 0.446 e. The van der Waals surface area contributed by atoms with Gasteiger partial charge < -0.3 is 15.2 Å². The molecule has 9 heteroatoms. The van der Waals surface area contributed by atoms with Gasteiger partial charge in [0.1, 0.15) is 0 Å². The zero-order valence-corrected chi connectivity index (χ0v) is 13.4. The highest BCUT2D eigenvalue weighted by Gasteiger charge is 2.36. The van der Waals surface area contributed by atoms with E-state index in [1.807, 2.05) is 0 Å². The molecule has 1 heterocycles. The van der Waals surface area contributed by atoms with Gasteiger partial charge in [0.15, 0.2) is 0 Å². The summed E-state index contributed by atoms with van der Waals surface area (Å²) >= 11 is -0.261. The van der Waals surface area contributed by atoms with Gasteiger partial charge in [-0.2, -0.15) is 13.2 Å². The standard InChI is InChI=1S/C15H16F3NO4S/c16-15(17,18)24-11-3-1-10(2-4-11)13(22)19-14(9-12(20)21)5-7-23-8-6-14/h1-4H,5-9H2,(H,19,22)(H,20,21). The first kappa shape index (κ1) is 18.6. The molecule has 0 radical (unpaired) electrons. The van der Waals surface area contributed by atoms with E-state index in [2.05, 4.69) is 5.32 Å². The van der Waals surface area contributed by atoms with Crippen molar-refractivity contribution in [2.24, 2.45) is 0 Å². The second-order valence-electron chi connectivity index (χ2n) is 5.49. The SMILES string of the molecule is O=C(O)CC1(NC(=O)c2ccc(SC(F)(F)F)cc2)CCOCC1. The lowest BCUT2D eigenvalue weighted by Gasteiger charge is -2.36. The molecule has 0 saturated carbocycles. The van der Waals surface area contributed by atoms with E-state index in [9.17, 15) is 22.8 Å². The van der Waals surface area contributed by atoms with Crippen LogP contribution in [0.25, 0.3) is 0 Å². The molecule has 1 saturated heterocycles. The number of hydrogen-bond acceptors (Lipinski definition) is 4. The Bertz CT molecular complexity index is 598. The molecule has 1 aromatic carbocycles. The number of hydrogen-bond donors (Lipinski definition) is 2. The molecule has 0 atom stereocenters. The average Bonchev–Trinajstić information content (AvgIpc) is 2.46. The van der Waals surface area contributed by atoms with Crippen LogP contribution in [0.1, 0.15) is 29.6 Å². The maximum atomic E-state index is 12.3. The first-order valence-corrected chi connectivity index (χ1v) is 7.99. The Morgan fingerprint density at radius 3 is 2.29 bits per heavy atom. The van der Waals surface area contributed by atoms with Gasteiger partial charge in [0.05, 0.1) is 12.0 Å². The van der Waals surface area contributed by atoms with Crippen molar-refractivity contribution in [3.63, 3.8) is 0 Å². The van der Waals surface area contributed by atoms with Crippen LogP contribution in [0.3, 0.4) is 0 Å². The average molecular weight is 363 g/mol. The van der Waals surface area contributed by atoms with Crippen LogP contribution in [0.15, 0.2) is 29.2 Å². The van der Waals surface area contributed by atoms with Gasteiger partial charge >= 0.3 is 11.5 Å². The summed E-state index contributed by atoms with van der Waals surface area (Å²) in [6.07, 6.45) is 0.504. The third-order valence-electron chi connectivity index (χ3n) is 3.67. The van der Waals surface area contributed by atoms with Crippen molar-refractivity contribution in [1.29, 1.82) is 0 Å². The predicted molar refractivity (Wildman–Crippen MR) is 80.9 cm³/mol. The Balaban J connectivity index is 2.08. The van der Waals surface area contributed by atoms with E-state index in [4.69, 9.17) is 9.84 Å². The molecule has 2 rings (SSSR count). The van der Waals surface area contributed by atoms with Crippen molar-refractivity contribution in [2.45, 2.75) is 35.2 Å². The Kier molecular flexibility index (Phi) is 5.76. The molecule has 2 N–H and O–H groups in total. The van der Waals surface area contributed by atoms with Gasteiger partial charge in [0.25, 0.3) is 5.91 Å². The summed E-state index contributed by atoms with van der Waals surface area (Å²) in [6.45, 7) is 0.684. The van der Waals surface area contributed by atoms with Gasteiger partial charge in [0, 0.05) is 23.7 Å². The van der Waals surface area contributed by atoms with Crippen molar-refractivity contribution < 1.29 is 32.6 Å². The number of carbonyl (C=O) groups is 2. The van der Waals surface area contributed by atoms with Crippen molar-refractivity contribution in [2.75, 3.05) is 13.2 Å². The lowest BCUT2D eigenvalue weighted by Crippen LogP contribution is -2.53. The van der Waals surface area contributed by atoms with E-state index in [1.54, 1.807) is 0 Å². The second kappa shape index (κ2) is 7.43. The van der Waals surface area contributed by atoms with Crippen LogP contribution in [0.5, 0.6) is 0 Å². The molecule has 0 spiro atoms. The van der Waals surface area contributed by atoms with Gasteiger partial charge in [-0.3, -0.25) is 9.59 Å². The fourth-order valence-corrected chi connectivity index (χ4v) is 3.06. The summed E-state index contributed by atoms with van der Waals surface area (Å²) in [6, 6.07) is 5.00. The van der Waals surface area contributed by atoms with Crippen LogP contribution in [0.4, 0.5) is 13.2 Å². The maximum Gasteiger partial charge on any atom is 0.446 e. The second-order valence-corrected chi connectivity index (χ2v) is 6.63. The molecule has 0 aromatic heterocycles. The number of benzene rings is 1. The summed E-state index contributed by atoms with van der Waals surface area (Å²) in [5.41, 5.74) is -5.12. The summed E-state index contributed by atoms with van der Waals surface area (Å²) < 4.78 is 42.1. The number of alkyl halides is 3. The van der Waals surface area contributed by atoms with Gasteiger partial charge in [-0.05, 0) is 48.9 Å². The minimum absolute atomic E-state index is 0.0228. The van der Waals surface area contributed by atoms with E-state index in [0.717, 1.165) is 0 Å². The molecule has 0 unspecified atom stereocenters. The van der Waals surface area contributed by atoms with Crippen LogP contribution in [0.2, 0.25) is 0 Å². The lowest BCUT2D eigenvalue weighted by molar-refractivity contribution is -0.139. The quantitative estimate of drug-likeness (QED) is 0.787. The van der Waals surface area contributed by atoms with E-state index >= 15 is 0 Å². The molecule has 1 aromatic rings. The number of amides is 1. The largest absolute Gasteiger partial charge is 0.481 e. The van der Waals surface area contributed by atoms with Crippen LogP contribution >= 0.6 is 11.8 Å². The number of rotatable bonds is 5. The van der Waals surface area contributed by atoms with E-state index in [1.165, 1.54) is 24.3 Å². The fourth-order valence-electron chi connectivity index (χ4n) is 2.52. The summed E-state index contributed by atoms with van der Waals surface area (Å²) in [4.78, 5) is 23.4. The summed E-state index contributed by atoms with van der Waals surface area (Å²) in [5, 5.41) is 11.8. The molecule has 0 bridgehead atoms. The third kappa shape index (κ3) is 5.41. The third-order valence-corrected chi connectivity index (χ3v) is 4.41. The van der Waals surface area contributed by atoms with Gasteiger partial charge in [-0.15, -0.1) is 0 Å². The van der Waals surface area contributed by atoms with Gasteiger partial charge in [0.2, 0.25) is 0 Å². The normalized spacial score (nSPS) is 17.3. The molecule has 24 heavy (non-hydrogen) atoms. The van der Waals surface area contributed by atoms with Crippen LogP contribution in [-0.2, 0) is 9.53 Å². The molecule has 1 fully saturated rings. The number of carboxylic acid groups (broad SMARTS) is 1. The van der Waals surface area contributed by atoms with Crippen molar-refractivity contribution >= 4 is 23.6 Å². The lowest BCUT2D eigenvalue weighted by atomic mass is 9.86. The number of nitrogens with one attached hydrogen (secondary N) is 1. The zero-order valence-electron chi connectivity index (χ0n) is 12.6. The van der Waals surface area contributed by atoms with Crippen LogP contribution < -0.4 is 5.32 Å². The Morgan fingerprint density at radius 1 is 1.21 bits per heavy atom. The van der Waals surface area contributed by atoms with Crippen LogP contribution in [0, 0.1) is 0 Å². The Labute approximate surface area is 140 Å². The molecule has 5 nitrogen and oxygen atoms in total. The molecule has 1 aliphatic rings. The monoisotopic (exact) mass is 363 g/mol. The summed E-state index contributed by atoms with van der Waals surface area (Å²) in [5.74, 6) is -1.55. The zero-order chi connectivity index (χ0) is 17.8. The number of thioether (sulfide) groups is 1. The predicted octanol–water partition coefficient (Wildman–Crippen LogP) is 3.05. The van der Waals surface area contributed by atoms with E-state index in [0.29, 0.717) is 26.1 Å². The Morgan fingerprint density at radius 2 is 1.79 bits per heavy atom. The minimum Gasteiger partial charge on any atom is -0.481 e. The first-order valence-electron chi connectivity index (χ1n) is 7.17. The summed E-state index contributed by atoms with van der Waals surface area (Å²) in [7, 11) is 0. The molecule has 1 aliphatic heterocycles. The minimum atomic E-state index is -4.39. The number of ether oxygens (including phenoxy) is 1. The molecule has 0 aliphatic carbocycles. The molecular formula is C15H16F3NO4S. The topological polar surface area (TPSA) is 75.6 Å². The highest BCUT2D eigenvalue weighted by Crippen LogP contribution is 2.36. The molecule has 132 valence electrons. The van der Waals surface area contributed by atoms with Crippen molar-refractivity contribution in [3.05, 3.63) is 29.8 Å². The van der Waals surface area contributed by atoms with Crippen molar-refractivity contribution in [1.82, 2.24) is 5.32 Å². The molecular weight excluding hydrogens is 347 g/mol. The fraction of sp³-hybridized carbons (Fsp3) is 0.467. The Hall–Kier alpha value is -1.74. The number of halogens is 3. The van der Waals surface area contributed by atoms with E-state index in [-0.39, 0.29) is 28.6 Å². The van der Waals surface area contributed by atoms with E-state index < -0.39 is 22.9 Å². The highest BCUT2D eigenvalue weighted by atomic mass is 32.2. The van der Waals surface area contributed by atoms with Crippen molar-refractivity contribution in [3.8, 4) is 0 Å². The number of aliphatic carboxylic acids is 1. The first-order chi connectivity index (χ1) is 11.2.